The average molecular weight is 443 g/mol. The number of likely N-dealkylation sites (tertiary alicyclic amines) is 1. The van der Waals surface area contributed by atoms with Crippen molar-refractivity contribution in [2.75, 3.05) is 27.3 Å². The average Bonchev–Trinajstić information content (AvgIpc) is 3.41. The Balaban J connectivity index is 1.52. The Bertz CT molecular complexity index is 1100. The number of nitrogens with zero attached hydrogens (tertiary/aromatic N) is 4. The molecule has 0 aliphatic carbocycles. The van der Waals surface area contributed by atoms with Crippen LogP contribution in [-0.2, 0) is 7.05 Å². The zero-order chi connectivity index (χ0) is 22.0. The summed E-state index contributed by atoms with van der Waals surface area (Å²) in [6, 6.07) is 8.97. The van der Waals surface area contributed by atoms with Gasteiger partial charge in [-0.1, -0.05) is 11.6 Å². The highest BCUT2D eigenvalue weighted by atomic mass is 35.5. The fourth-order valence-corrected chi connectivity index (χ4v) is 3.79. The van der Waals surface area contributed by atoms with Crippen molar-refractivity contribution in [3.05, 3.63) is 53.4 Å². The normalized spacial score (nSPS) is 15.7. The van der Waals surface area contributed by atoms with Crippen molar-refractivity contribution < 1.29 is 19.0 Å². The molecule has 0 N–H and O–H groups in total. The minimum atomic E-state index is -0.130. The molecule has 0 spiro atoms. The first-order chi connectivity index (χ1) is 15.0. The number of carbonyl (C=O) groups is 1. The number of hydrogen-bond acceptors (Lipinski definition) is 6. The van der Waals surface area contributed by atoms with E-state index in [-0.39, 0.29) is 12.0 Å². The molecule has 9 heteroatoms. The van der Waals surface area contributed by atoms with Gasteiger partial charge in [0.15, 0.2) is 0 Å². The van der Waals surface area contributed by atoms with E-state index in [1.54, 1.807) is 55.4 Å². The van der Waals surface area contributed by atoms with Crippen molar-refractivity contribution >= 4 is 17.5 Å². The van der Waals surface area contributed by atoms with Crippen LogP contribution in [0.2, 0.25) is 5.02 Å². The van der Waals surface area contributed by atoms with Crippen molar-refractivity contribution in [1.82, 2.24) is 19.7 Å². The first-order valence-corrected chi connectivity index (χ1v) is 10.2. The number of pyridine rings is 1. The van der Waals surface area contributed by atoms with Crippen LogP contribution in [0.3, 0.4) is 0 Å². The number of amides is 1. The number of aromatic nitrogens is 3. The van der Waals surface area contributed by atoms with Crippen LogP contribution in [0.15, 0.2) is 42.7 Å². The van der Waals surface area contributed by atoms with E-state index in [1.807, 2.05) is 18.2 Å². The number of hydrogen-bond donors (Lipinski definition) is 0. The lowest BCUT2D eigenvalue weighted by Gasteiger charge is -2.17. The molecule has 1 saturated heterocycles. The summed E-state index contributed by atoms with van der Waals surface area (Å²) < 4.78 is 18.3. The van der Waals surface area contributed by atoms with Gasteiger partial charge in [0.1, 0.15) is 34.1 Å². The minimum absolute atomic E-state index is 0.102. The Kier molecular flexibility index (Phi) is 5.99. The third-order valence-corrected chi connectivity index (χ3v) is 5.53. The largest absolute Gasteiger partial charge is 0.497 e. The number of aryl methyl sites for hydroxylation is 1. The highest BCUT2D eigenvalue weighted by Gasteiger charge is 2.30. The molecule has 1 aliphatic rings. The number of halogens is 1. The van der Waals surface area contributed by atoms with Crippen molar-refractivity contribution in [3.63, 3.8) is 0 Å². The number of benzene rings is 1. The molecule has 1 aliphatic heterocycles. The molecule has 8 nitrogen and oxygen atoms in total. The molecule has 0 unspecified atom stereocenters. The highest BCUT2D eigenvalue weighted by Crippen LogP contribution is 2.33. The minimum Gasteiger partial charge on any atom is -0.497 e. The lowest BCUT2D eigenvalue weighted by Crippen LogP contribution is -2.32. The van der Waals surface area contributed by atoms with Crippen molar-refractivity contribution in [2.45, 2.75) is 12.5 Å². The highest BCUT2D eigenvalue weighted by molar-refractivity contribution is 6.31. The summed E-state index contributed by atoms with van der Waals surface area (Å²) in [5, 5.41) is 4.99. The number of methoxy groups -OCH3 is 2. The summed E-state index contributed by atoms with van der Waals surface area (Å²) in [7, 11) is 4.95. The number of rotatable bonds is 6. The molecule has 2 aromatic heterocycles. The summed E-state index contributed by atoms with van der Waals surface area (Å²) in [5.74, 6) is 1.81. The summed E-state index contributed by atoms with van der Waals surface area (Å²) in [6.07, 6.45) is 3.76. The van der Waals surface area contributed by atoms with Crippen LogP contribution in [0.4, 0.5) is 0 Å². The monoisotopic (exact) mass is 442 g/mol. The Morgan fingerprint density at radius 3 is 2.74 bits per heavy atom. The summed E-state index contributed by atoms with van der Waals surface area (Å²) in [5.41, 5.74) is 1.88. The van der Waals surface area contributed by atoms with E-state index >= 15 is 0 Å². The molecule has 1 atom stereocenters. The summed E-state index contributed by atoms with van der Waals surface area (Å²) >= 11 is 6.13. The van der Waals surface area contributed by atoms with Crippen LogP contribution in [0, 0.1) is 0 Å². The second-order valence-corrected chi connectivity index (χ2v) is 7.60. The molecule has 0 bridgehead atoms. The SMILES string of the molecule is COc1ccc(OC)c(-c2cc(C(=O)N3CC[C@H](Oc4ccncc4Cl)C3)n(C)n2)c1. The van der Waals surface area contributed by atoms with E-state index in [4.69, 9.17) is 25.8 Å². The topological polar surface area (TPSA) is 78.7 Å². The van der Waals surface area contributed by atoms with Gasteiger partial charge in [0.05, 0.1) is 26.5 Å². The van der Waals surface area contributed by atoms with Crippen LogP contribution in [0.5, 0.6) is 17.2 Å². The predicted molar refractivity (Wildman–Crippen MR) is 116 cm³/mol. The molecule has 162 valence electrons. The smallest absolute Gasteiger partial charge is 0.272 e. The van der Waals surface area contributed by atoms with Gasteiger partial charge in [-0.25, -0.2) is 0 Å². The van der Waals surface area contributed by atoms with E-state index in [2.05, 4.69) is 10.1 Å². The van der Waals surface area contributed by atoms with Crippen molar-refractivity contribution in [1.29, 1.82) is 0 Å². The van der Waals surface area contributed by atoms with Gasteiger partial charge < -0.3 is 19.1 Å². The van der Waals surface area contributed by atoms with Crippen LogP contribution in [0.1, 0.15) is 16.9 Å². The number of ether oxygens (including phenoxy) is 3. The lowest BCUT2D eigenvalue weighted by atomic mass is 10.1. The molecular weight excluding hydrogens is 420 g/mol. The molecule has 0 radical (unpaired) electrons. The molecular formula is C22H23ClN4O4. The van der Waals surface area contributed by atoms with Gasteiger partial charge >= 0.3 is 0 Å². The third kappa shape index (κ3) is 4.29. The van der Waals surface area contributed by atoms with Gasteiger partial charge in [0.25, 0.3) is 5.91 Å². The number of carbonyl (C=O) groups excluding carboxylic acids is 1. The van der Waals surface area contributed by atoms with E-state index in [1.165, 1.54) is 0 Å². The van der Waals surface area contributed by atoms with Gasteiger partial charge in [-0.2, -0.15) is 5.10 Å². The molecule has 1 amide bonds. The molecule has 1 fully saturated rings. The van der Waals surface area contributed by atoms with Crippen LogP contribution in [0.25, 0.3) is 11.3 Å². The third-order valence-electron chi connectivity index (χ3n) is 5.24. The van der Waals surface area contributed by atoms with Crippen molar-refractivity contribution in [3.8, 4) is 28.5 Å². The van der Waals surface area contributed by atoms with Crippen LogP contribution >= 0.6 is 11.6 Å². The molecule has 0 saturated carbocycles. The fourth-order valence-electron chi connectivity index (χ4n) is 3.62. The van der Waals surface area contributed by atoms with Crippen molar-refractivity contribution in [2.24, 2.45) is 7.05 Å². The molecule has 3 heterocycles. The van der Waals surface area contributed by atoms with E-state index in [0.29, 0.717) is 46.7 Å². The van der Waals surface area contributed by atoms with E-state index in [9.17, 15) is 4.79 Å². The second-order valence-electron chi connectivity index (χ2n) is 7.19. The zero-order valence-electron chi connectivity index (χ0n) is 17.5. The Hall–Kier alpha value is -3.26. The van der Waals surface area contributed by atoms with Crippen LogP contribution in [-0.4, -0.2) is 59.0 Å². The maximum absolute atomic E-state index is 13.2. The van der Waals surface area contributed by atoms with Crippen LogP contribution < -0.4 is 14.2 Å². The lowest BCUT2D eigenvalue weighted by molar-refractivity contribution is 0.0761. The first-order valence-electron chi connectivity index (χ1n) is 9.82. The molecule has 31 heavy (non-hydrogen) atoms. The summed E-state index contributed by atoms with van der Waals surface area (Å²) in [6.45, 7) is 1.07. The predicted octanol–water partition coefficient (Wildman–Crippen LogP) is 3.45. The maximum atomic E-state index is 13.2. The second kappa shape index (κ2) is 8.85. The Morgan fingerprint density at radius 1 is 1.16 bits per heavy atom. The zero-order valence-corrected chi connectivity index (χ0v) is 18.3. The maximum Gasteiger partial charge on any atom is 0.272 e. The quantitative estimate of drug-likeness (QED) is 0.581. The Morgan fingerprint density at radius 2 is 2.00 bits per heavy atom. The summed E-state index contributed by atoms with van der Waals surface area (Å²) in [4.78, 5) is 18.9. The first kappa shape index (κ1) is 21.0. The fraction of sp³-hybridized carbons (Fsp3) is 0.318. The van der Waals surface area contributed by atoms with E-state index in [0.717, 1.165) is 12.0 Å². The van der Waals surface area contributed by atoms with Gasteiger partial charge in [0.2, 0.25) is 0 Å². The van der Waals surface area contributed by atoms with E-state index < -0.39 is 0 Å². The molecule has 1 aromatic carbocycles. The van der Waals surface area contributed by atoms with Gasteiger partial charge in [0, 0.05) is 44.0 Å². The van der Waals surface area contributed by atoms with Gasteiger partial charge in [-0.3, -0.25) is 14.5 Å². The standard InChI is InChI=1S/C22H23ClN4O4/c1-26-19(11-18(25-26)16-10-14(29-2)4-5-20(16)30-3)22(28)27-9-7-15(13-27)31-21-6-8-24-12-17(21)23/h4-6,8,10-12,15H,7,9,13H2,1-3H3/t15-/m0/s1. The molecule has 4 rings (SSSR count). The Labute approximate surface area is 185 Å². The van der Waals surface area contributed by atoms with Gasteiger partial charge in [-0.15, -0.1) is 0 Å². The van der Waals surface area contributed by atoms with Gasteiger partial charge in [-0.05, 0) is 24.3 Å². The molecule has 3 aromatic rings.